The number of anilines is 2. The van der Waals surface area contributed by atoms with Gasteiger partial charge in [-0.25, -0.2) is 4.79 Å². The normalized spacial score (nSPS) is 10.1. The van der Waals surface area contributed by atoms with E-state index in [0.717, 1.165) is 5.69 Å². The Morgan fingerprint density at radius 2 is 1.92 bits per heavy atom. The third-order valence-electron chi connectivity index (χ3n) is 3.11. The molecule has 0 radical (unpaired) electrons. The number of halogens is 1. The summed E-state index contributed by atoms with van der Waals surface area (Å²) in [6, 6.07) is 6.67. The van der Waals surface area contributed by atoms with Crippen LogP contribution in [0, 0.1) is 0 Å². The van der Waals surface area contributed by atoms with Crippen molar-refractivity contribution in [3.05, 3.63) is 52.3 Å². The first-order valence-corrected chi connectivity index (χ1v) is 8.31. The van der Waals surface area contributed by atoms with Crippen molar-refractivity contribution in [1.82, 2.24) is 4.98 Å². The van der Waals surface area contributed by atoms with Gasteiger partial charge in [-0.3, -0.25) is 9.78 Å². The second kappa shape index (κ2) is 8.44. The lowest BCUT2D eigenvalue weighted by Crippen LogP contribution is -2.15. The Balaban J connectivity index is 2.30. The van der Waals surface area contributed by atoms with Crippen LogP contribution >= 0.6 is 15.9 Å². The van der Waals surface area contributed by atoms with Gasteiger partial charge in [-0.15, -0.1) is 0 Å². The molecule has 6 nitrogen and oxygen atoms in total. The minimum atomic E-state index is -0.430. The number of aromatic nitrogens is 1. The van der Waals surface area contributed by atoms with E-state index in [1.807, 2.05) is 6.92 Å². The lowest BCUT2D eigenvalue weighted by Gasteiger charge is -2.13. The molecule has 0 saturated carbocycles. The first-order chi connectivity index (χ1) is 11.5. The first-order valence-electron chi connectivity index (χ1n) is 7.52. The lowest BCUT2D eigenvalue weighted by atomic mass is 10.1. The van der Waals surface area contributed by atoms with Crippen LogP contribution in [-0.2, 0) is 4.74 Å². The lowest BCUT2D eigenvalue weighted by molar-refractivity contribution is 0.0526. The summed E-state index contributed by atoms with van der Waals surface area (Å²) in [5.74, 6) is -0.746. The molecule has 1 aromatic heterocycles. The summed E-state index contributed by atoms with van der Waals surface area (Å²) in [6.07, 6.45) is 3.07. The maximum Gasteiger partial charge on any atom is 0.338 e. The van der Waals surface area contributed by atoms with E-state index in [1.54, 1.807) is 37.4 Å². The van der Waals surface area contributed by atoms with Crippen LogP contribution in [0.1, 0.15) is 34.6 Å². The number of hydrogen-bond donors (Lipinski definition) is 2. The van der Waals surface area contributed by atoms with E-state index in [0.29, 0.717) is 34.4 Å². The number of hydrogen-bond acceptors (Lipinski definition) is 5. The third-order valence-corrected chi connectivity index (χ3v) is 3.55. The zero-order chi connectivity index (χ0) is 17.5. The van der Waals surface area contributed by atoms with Crippen molar-refractivity contribution in [2.45, 2.75) is 13.8 Å². The number of ether oxygens (including phenoxy) is 1. The second-order valence-corrected chi connectivity index (χ2v) is 5.77. The van der Waals surface area contributed by atoms with E-state index >= 15 is 0 Å². The average molecular weight is 392 g/mol. The van der Waals surface area contributed by atoms with Crippen LogP contribution in [0.4, 0.5) is 11.4 Å². The van der Waals surface area contributed by atoms with E-state index < -0.39 is 5.97 Å². The van der Waals surface area contributed by atoms with Crippen molar-refractivity contribution in [3.63, 3.8) is 0 Å². The highest BCUT2D eigenvalue weighted by Crippen LogP contribution is 2.24. The van der Waals surface area contributed by atoms with E-state index in [9.17, 15) is 9.59 Å². The quantitative estimate of drug-likeness (QED) is 0.733. The maximum absolute atomic E-state index is 12.4. The smallest absolute Gasteiger partial charge is 0.338 e. The molecule has 0 atom stereocenters. The summed E-state index contributed by atoms with van der Waals surface area (Å²) in [5, 5.41) is 5.96. The van der Waals surface area contributed by atoms with Crippen molar-refractivity contribution in [2.24, 2.45) is 0 Å². The largest absolute Gasteiger partial charge is 0.462 e. The summed E-state index contributed by atoms with van der Waals surface area (Å²) in [4.78, 5) is 28.3. The fraction of sp³-hybridized carbons (Fsp3) is 0.235. The number of pyridine rings is 1. The highest BCUT2D eigenvalue weighted by molar-refractivity contribution is 9.10. The van der Waals surface area contributed by atoms with Crippen molar-refractivity contribution in [2.75, 3.05) is 23.8 Å². The van der Waals surface area contributed by atoms with Crippen molar-refractivity contribution < 1.29 is 14.3 Å². The minimum absolute atomic E-state index is 0.291. The van der Waals surface area contributed by atoms with E-state index in [2.05, 4.69) is 31.5 Å². The monoisotopic (exact) mass is 391 g/mol. The minimum Gasteiger partial charge on any atom is -0.462 e. The Kier molecular flexibility index (Phi) is 6.31. The summed E-state index contributed by atoms with van der Waals surface area (Å²) in [5.41, 5.74) is 2.02. The molecule has 0 saturated heterocycles. The first kappa shape index (κ1) is 17.9. The fourth-order valence-electron chi connectivity index (χ4n) is 2.06. The maximum atomic E-state index is 12.4. The van der Waals surface area contributed by atoms with Crippen LogP contribution in [0.2, 0.25) is 0 Å². The Morgan fingerprint density at radius 1 is 1.12 bits per heavy atom. The van der Waals surface area contributed by atoms with Gasteiger partial charge in [0, 0.05) is 23.4 Å². The molecule has 0 spiro atoms. The number of nitrogens with zero attached hydrogens (tertiary/aromatic N) is 1. The van der Waals surface area contributed by atoms with Gasteiger partial charge >= 0.3 is 5.97 Å². The highest BCUT2D eigenvalue weighted by atomic mass is 79.9. The molecule has 126 valence electrons. The van der Waals surface area contributed by atoms with Gasteiger partial charge in [-0.05, 0) is 54.0 Å². The van der Waals surface area contributed by atoms with Gasteiger partial charge in [0.1, 0.15) is 0 Å². The molecule has 1 aromatic carbocycles. The van der Waals surface area contributed by atoms with Gasteiger partial charge in [0.15, 0.2) is 0 Å². The average Bonchev–Trinajstić information content (AvgIpc) is 2.56. The molecule has 0 aliphatic carbocycles. The zero-order valence-electron chi connectivity index (χ0n) is 13.4. The van der Waals surface area contributed by atoms with Gasteiger partial charge in [0.2, 0.25) is 0 Å². The number of esters is 1. The molecule has 7 heteroatoms. The van der Waals surface area contributed by atoms with Gasteiger partial charge in [-0.2, -0.15) is 0 Å². The number of carbonyl (C=O) groups is 2. The summed E-state index contributed by atoms with van der Waals surface area (Å²) < 4.78 is 5.71. The number of amides is 1. The van der Waals surface area contributed by atoms with Crippen molar-refractivity contribution >= 4 is 39.2 Å². The molecular weight excluding hydrogens is 374 g/mol. The third kappa shape index (κ3) is 4.55. The van der Waals surface area contributed by atoms with Crippen LogP contribution in [0.15, 0.2) is 41.1 Å². The van der Waals surface area contributed by atoms with Crippen LogP contribution in [-0.4, -0.2) is 30.0 Å². The number of benzene rings is 1. The molecule has 0 bridgehead atoms. The van der Waals surface area contributed by atoms with Crippen LogP contribution < -0.4 is 10.6 Å². The molecule has 0 unspecified atom stereocenters. The van der Waals surface area contributed by atoms with Gasteiger partial charge in [-0.1, -0.05) is 0 Å². The SMILES string of the molecule is CCNc1ccc(C(=O)OCC)cc1NC(=O)c1cncc(Br)c1. The predicted octanol–water partition coefficient (Wildman–Crippen LogP) is 3.70. The summed E-state index contributed by atoms with van der Waals surface area (Å²) in [6.45, 7) is 4.66. The Labute approximate surface area is 148 Å². The van der Waals surface area contributed by atoms with Crippen LogP contribution in [0.3, 0.4) is 0 Å². The Morgan fingerprint density at radius 3 is 2.58 bits per heavy atom. The van der Waals surface area contributed by atoms with Gasteiger partial charge in [0.25, 0.3) is 5.91 Å². The van der Waals surface area contributed by atoms with E-state index in [1.165, 1.54) is 6.20 Å². The zero-order valence-corrected chi connectivity index (χ0v) is 15.0. The molecule has 2 rings (SSSR count). The molecule has 0 fully saturated rings. The van der Waals surface area contributed by atoms with Gasteiger partial charge < -0.3 is 15.4 Å². The van der Waals surface area contributed by atoms with Crippen molar-refractivity contribution in [3.8, 4) is 0 Å². The molecule has 0 aliphatic heterocycles. The number of nitrogens with one attached hydrogen (secondary N) is 2. The van der Waals surface area contributed by atoms with E-state index in [4.69, 9.17) is 4.74 Å². The Bertz CT molecular complexity index is 750. The Hall–Kier alpha value is -2.41. The highest BCUT2D eigenvalue weighted by Gasteiger charge is 2.14. The molecular formula is C17H18BrN3O3. The standard InChI is InChI=1S/C17H18BrN3O3/c1-3-20-14-6-5-11(17(23)24-4-2)8-15(14)21-16(22)12-7-13(18)10-19-9-12/h5-10,20H,3-4H2,1-2H3,(H,21,22). The summed E-state index contributed by atoms with van der Waals surface area (Å²) in [7, 11) is 0. The van der Waals surface area contributed by atoms with Crippen LogP contribution in [0.25, 0.3) is 0 Å². The molecule has 0 aliphatic rings. The van der Waals surface area contributed by atoms with Crippen LogP contribution in [0.5, 0.6) is 0 Å². The van der Waals surface area contributed by atoms with Gasteiger partial charge in [0.05, 0.1) is 29.1 Å². The topological polar surface area (TPSA) is 80.3 Å². The van der Waals surface area contributed by atoms with E-state index in [-0.39, 0.29) is 5.91 Å². The molecule has 2 aromatic rings. The molecule has 2 N–H and O–H groups in total. The fourth-order valence-corrected chi connectivity index (χ4v) is 2.43. The van der Waals surface area contributed by atoms with Crippen molar-refractivity contribution in [1.29, 1.82) is 0 Å². The number of carbonyl (C=O) groups excluding carboxylic acids is 2. The second-order valence-electron chi connectivity index (χ2n) is 4.86. The summed E-state index contributed by atoms with van der Waals surface area (Å²) >= 11 is 3.29. The molecule has 1 heterocycles. The predicted molar refractivity (Wildman–Crippen MR) is 96.5 cm³/mol. The molecule has 24 heavy (non-hydrogen) atoms. The number of rotatable bonds is 6. The molecule has 1 amide bonds.